The van der Waals surface area contributed by atoms with Crippen molar-refractivity contribution in [3.63, 3.8) is 0 Å². The summed E-state index contributed by atoms with van der Waals surface area (Å²) in [5, 5.41) is 11.2. The maximum Gasteiger partial charge on any atom is 0.404 e. The van der Waals surface area contributed by atoms with Crippen LogP contribution in [0, 0.1) is 5.92 Å². The van der Waals surface area contributed by atoms with Crippen molar-refractivity contribution < 1.29 is 9.90 Å². The molecule has 0 spiro atoms. The van der Waals surface area contributed by atoms with E-state index in [1.54, 1.807) is 6.20 Å². The number of halogens is 2. The number of rotatable bonds is 3. The third kappa shape index (κ3) is 3.94. The quantitative estimate of drug-likeness (QED) is 0.819. The molecule has 1 amide bonds. The van der Waals surface area contributed by atoms with Gasteiger partial charge in [0.1, 0.15) is 5.82 Å². The van der Waals surface area contributed by atoms with Gasteiger partial charge in [-0.3, -0.25) is 0 Å². The maximum absolute atomic E-state index is 10.5. The summed E-state index contributed by atoms with van der Waals surface area (Å²) in [5.74, 6) is 1.17. The Hall–Kier alpha value is -1.08. The highest BCUT2D eigenvalue weighted by atomic mass is 79.9. The summed E-state index contributed by atoms with van der Waals surface area (Å²) in [7, 11) is 0. The van der Waals surface area contributed by atoms with E-state index in [0.717, 1.165) is 36.2 Å². The SMILES string of the molecule is O=C(O)NCC1CCN(c2nc(Cl)ncc2Br)CC1. The topological polar surface area (TPSA) is 78.4 Å². The molecule has 1 aliphatic rings. The molecule has 2 heterocycles. The van der Waals surface area contributed by atoms with E-state index in [9.17, 15) is 4.79 Å². The van der Waals surface area contributed by atoms with Gasteiger partial charge in [-0.25, -0.2) is 9.78 Å². The van der Waals surface area contributed by atoms with Crippen molar-refractivity contribution in [2.75, 3.05) is 24.5 Å². The van der Waals surface area contributed by atoms with Gasteiger partial charge >= 0.3 is 6.09 Å². The van der Waals surface area contributed by atoms with Gasteiger partial charge in [0.2, 0.25) is 5.28 Å². The molecule has 19 heavy (non-hydrogen) atoms. The fourth-order valence-corrected chi connectivity index (χ4v) is 2.71. The second kappa shape index (κ2) is 6.38. The molecule has 0 radical (unpaired) electrons. The molecule has 2 rings (SSSR count). The molecule has 2 N–H and O–H groups in total. The third-order valence-corrected chi connectivity index (χ3v) is 3.89. The van der Waals surface area contributed by atoms with Gasteiger partial charge in [-0.1, -0.05) is 0 Å². The Morgan fingerprint density at radius 1 is 1.58 bits per heavy atom. The number of nitrogens with one attached hydrogen (secondary N) is 1. The fourth-order valence-electron chi connectivity index (χ4n) is 2.14. The molecule has 0 bridgehead atoms. The van der Waals surface area contributed by atoms with Crippen LogP contribution in [0.2, 0.25) is 5.28 Å². The van der Waals surface area contributed by atoms with Gasteiger partial charge in [0.05, 0.1) is 4.47 Å². The minimum absolute atomic E-state index is 0.230. The lowest BCUT2D eigenvalue weighted by Gasteiger charge is -2.33. The number of piperidine rings is 1. The van der Waals surface area contributed by atoms with Gasteiger partial charge in [-0.05, 0) is 46.3 Å². The zero-order valence-corrected chi connectivity index (χ0v) is 12.5. The molecule has 0 atom stereocenters. The van der Waals surface area contributed by atoms with Crippen molar-refractivity contribution >= 4 is 39.4 Å². The van der Waals surface area contributed by atoms with E-state index in [-0.39, 0.29) is 5.28 Å². The largest absolute Gasteiger partial charge is 0.465 e. The maximum atomic E-state index is 10.5. The van der Waals surface area contributed by atoms with Crippen LogP contribution in [0.25, 0.3) is 0 Å². The van der Waals surface area contributed by atoms with Crippen molar-refractivity contribution in [3.8, 4) is 0 Å². The van der Waals surface area contributed by atoms with Crippen LogP contribution < -0.4 is 10.2 Å². The van der Waals surface area contributed by atoms with Gasteiger partial charge in [0.25, 0.3) is 0 Å². The second-order valence-electron chi connectivity index (χ2n) is 4.43. The molecule has 0 unspecified atom stereocenters. The number of amides is 1. The van der Waals surface area contributed by atoms with Gasteiger partial charge in [0.15, 0.2) is 0 Å². The van der Waals surface area contributed by atoms with Crippen LogP contribution in [0.5, 0.6) is 0 Å². The van der Waals surface area contributed by atoms with Gasteiger partial charge in [-0.2, -0.15) is 4.98 Å². The monoisotopic (exact) mass is 348 g/mol. The third-order valence-electron chi connectivity index (χ3n) is 3.15. The van der Waals surface area contributed by atoms with Crippen molar-refractivity contribution in [1.82, 2.24) is 15.3 Å². The van der Waals surface area contributed by atoms with E-state index in [2.05, 4.69) is 36.1 Å². The molecule has 1 aromatic rings. The first-order valence-corrected chi connectivity index (χ1v) is 7.13. The highest BCUT2D eigenvalue weighted by molar-refractivity contribution is 9.10. The Balaban J connectivity index is 1.92. The molecule has 1 fully saturated rings. The summed E-state index contributed by atoms with van der Waals surface area (Å²) < 4.78 is 0.819. The lowest BCUT2D eigenvalue weighted by molar-refractivity contribution is 0.191. The molecule has 1 aliphatic heterocycles. The van der Waals surface area contributed by atoms with Crippen molar-refractivity contribution in [3.05, 3.63) is 16.0 Å². The lowest BCUT2D eigenvalue weighted by Crippen LogP contribution is -2.38. The first-order chi connectivity index (χ1) is 9.06. The standard InChI is InChI=1S/C11H14BrClN4O2/c12-8-6-14-10(13)16-9(8)17-3-1-7(2-4-17)5-15-11(18)19/h6-7,15H,1-5H2,(H,18,19). The molecule has 0 aliphatic carbocycles. The molecule has 0 aromatic carbocycles. The number of hydrogen-bond acceptors (Lipinski definition) is 4. The zero-order chi connectivity index (χ0) is 13.8. The van der Waals surface area contributed by atoms with Crippen LogP contribution in [0.1, 0.15) is 12.8 Å². The summed E-state index contributed by atoms with van der Waals surface area (Å²) in [5.41, 5.74) is 0. The molecule has 0 saturated carbocycles. The highest BCUT2D eigenvalue weighted by Gasteiger charge is 2.22. The Morgan fingerprint density at radius 3 is 2.89 bits per heavy atom. The summed E-state index contributed by atoms with van der Waals surface area (Å²) in [6.45, 7) is 2.17. The Morgan fingerprint density at radius 2 is 2.26 bits per heavy atom. The van der Waals surface area contributed by atoms with Crippen molar-refractivity contribution in [2.24, 2.45) is 5.92 Å². The minimum Gasteiger partial charge on any atom is -0.465 e. The number of anilines is 1. The lowest BCUT2D eigenvalue weighted by atomic mass is 9.97. The predicted molar refractivity (Wildman–Crippen MR) is 75.7 cm³/mol. The Bertz CT molecular complexity index is 466. The normalized spacial score (nSPS) is 16.4. The number of aromatic nitrogens is 2. The summed E-state index contributed by atoms with van der Waals surface area (Å²) in [6, 6.07) is 0. The van der Waals surface area contributed by atoms with Gasteiger partial charge < -0.3 is 15.3 Å². The van der Waals surface area contributed by atoms with E-state index in [1.165, 1.54) is 0 Å². The van der Waals surface area contributed by atoms with Crippen LogP contribution in [-0.4, -0.2) is 40.8 Å². The number of hydrogen-bond donors (Lipinski definition) is 2. The van der Waals surface area contributed by atoms with Crippen LogP contribution >= 0.6 is 27.5 Å². The van der Waals surface area contributed by atoms with Crippen molar-refractivity contribution in [1.29, 1.82) is 0 Å². The molecule has 1 saturated heterocycles. The number of carbonyl (C=O) groups is 1. The minimum atomic E-state index is -0.965. The molecule has 104 valence electrons. The van der Waals surface area contributed by atoms with E-state index >= 15 is 0 Å². The first kappa shape index (κ1) is 14.3. The predicted octanol–water partition coefficient (Wildman–Crippen LogP) is 2.38. The fraction of sp³-hybridized carbons (Fsp3) is 0.545. The molecular formula is C11H14BrClN4O2. The van der Waals surface area contributed by atoms with Gasteiger partial charge in [0, 0.05) is 25.8 Å². The Labute approximate surface area is 124 Å². The van der Waals surface area contributed by atoms with E-state index in [1.807, 2.05) is 0 Å². The summed E-state index contributed by atoms with van der Waals surface area (Å²) in [6.07, 6.45) is 2.53. The van der Waals surface area contributed by atoms with Gasteiger partial charge in [-0.15, -0.1) is 0 Å². The smallest absolute Gasteiger partial charge is 0.404 e. The number of carboxylic acid groups (broad SMARTS) is 1. The number of nitrogens with zero attached hydrogens (tertiary/aromatic N) is 3. The zero-order valence-electron chi connectivity index (χ0n) is 10.1. The van der Waals surface area contributed by atoms with Crippen LogP contribution in [-0.2, 0) is 0 Å². The van der Waals surface area contributed by atoms with Crippen LogP contribution in [0.3, 0.4) is 0 Å². The first-order valence-electron chi connectivity index (χ1n) is 5.96. The molecule has 6 nitrogen and oxygen atoms in total. The van der Waals surface area contributed by atoms with Crippen molar-refractivity contribution in [2.45, 2.75) is 12.8 Å². The van der Waals surface area contributed by atoms with Crippen LogP contribution in [0.4, 0.5) is 10.6 Å². The second-order valence-corrected chi connectivity index (χ2v) is 5.62. The van der Waals surface area contributed by atoms with E-state index < -0.39 is 6.09 Å². The van der Waals surface area contributed by atoms with E-state index in [4.69, 9.17) is 16.7 Å². The average molecular weight is 350 g/mol. The van der Waals surface area contributed by atoms with Crippen LogP contribution in [0.15, 0.2) is 10.7 Å². The average Bonchev–Trinajstić information content (AvgIpc) is 2.40. The molecular weight excluding hydrogens is 336 g/mol. The summed E-state index contributed by atoms with van der Waals surface area (Å²) >= 11 is 9.22. The highest BCUT2D eigenvalue weighted by Crippen LogP contribution is 2.28. The molecule has 1 aromatic heterocycles. The van der Waals surface area contributed by atoms with E-state index in [0.29, 0.717) is 12.5 Å². The molecule has 8 heteroatoms. The Kier molecular flexibility index (Phi) is 4.81. The summed E-state index contributed by atoms with van der Waals surface area (Å²) in [4.78, 5) is 20.7.